The zero-order chi connectivity index (χ0) is 15.6. The van der Waals surface area contributed by atoms with E-state index < -0.39 is 0 Å². The summed E-state index contributed by atoms with van der Waals surface area (Å²) in [6, 6.07) is 4.03. The molecule has 2 fully saturated rings. The average molecular weight is 318 g/mol. The van der Waals surface area contributed by atoms with Crippen LogP contribution < -0.4 is 0 Å². The van der Waals surface area contributed by atoms with E-state index in [9.17, 15) is 4.79 Å². The molecule has 0 spiro atoms. The van der Waals surface area contributed by atoms with Crippen LogP contribution in [0.25, 0.3) is 0 Å². The molecule has 0 unspecified atom stereocenters. The van der Waals surface area contributed by atoms with E-state index in [2.05, 4.69) is 11.1 Å². The molecule has 1 aromatic heterocycles. The molecule has 0 N–H and O–H groups in total. The Kier molecular flexibility index (Phi) is 4.43. The first-order valence-corrected chi connectivity index (χ1v) is 8.45. The minimum Gasteiger partial charge on any atom is -0.340 e. The lowest BCUT2D eigenvalue weighted by Gasteiger charge is -2.40. The Labute approximate surface area is 136 Å². The lowest BCUT2D eigenvalue weighted by Crippen LogP contribution is -2.46. The third-order valence-electron chi connectivity index (χ3n) is 4.75. The molecule has 5 heteroatoms. The van der Waals surface area contributed by atoms with Gasteiger partial charge in [-0.25, -0.2) is 9.86 Å². The van der Waals surface area contributed by atoms with Crippen molar-refractivity contribution in [1.29, 1.82) is 0 Å². The Morgan fingerprint density at radius 1 is 1.36 bits per heavy atom. The van der Waals surface area contributed by atoms with E-state index in [4.69, 9.17) is 17.1 Å². The quantitative estimate of drug-likeness (QED) is 0.631. The third-order valence-corrected chi connectivity index (χ3v) is 5.40. The first-order chi connectivity index (χ1) is 10.6. The predicted molar refractivity (Wildman–Crippen MR) is 88.2 cm³/mol. The molecule has 0 aliphatic heterocycles. The molecule has 2 saturated carbocycles. The third kappa shape index (κ3) is 3.00. The van der Waals surface area contributed by atoms with E-state index in [1.165, 1.54) is 11.5 Å². The Balaban J connectivity index is 1.82. The van der Waals surface area contributed by atoms with E-state index in [1.807, 2.05) is 12.3 Å². The van der Waals surface area contributed by atoms with Gasteiger partial charge in [0.25, 0.3) is 0 Å². The van der Waals surface area contributed by atoms with Crippen LogP contribution in [0.2, 0.25) is 0 Å². The summed E-state index contributed by atoms with van der Waals surface area (Å²) < 4.78 is 0. The van der Waals surface area contributed by atoms with Crippen LogP contribution in [0.15, 0.2) is 24.5 Å². The van der Waals surface area contributed by atoms with Gasteiger partial charge >= 0.3 is 5.97 Å². The molecular formula is C17H22N2O2S. The van der Waals surface area contributed by atoms with Gasteiger partial charge in [0.05, 0.1) is 11.3 Å². The van der Waals surface area contributed by atoms with Crippen molar-refractivity contribution < 1.29 is 9.63 Å². The number of carbonyl (C=O) groups excluding carboxylic acids is 1. The van der Waals surface area contributed by atoms with Gasteiger partial charge in [0, 0.05) is 19.4 Å². The van der Waals surface area contributed by atoms with Gasteiger partial charge in [-0.3, -0.25) is 4.98 Å². The summed E-state index contributed by atoms with van der Waals surface area (Å²) in [5, 5.41) is 1.52. The van der Waals surface area contributed by atoms with Crippen LogP contribution in [0.5, 0.6) is 0 Å². The fourth-order valence-electron chi connectivity index (χ4n) is 3.30. The SMILES string of the molecule is CN(OC(=O)C1CC1)C(=S)C1(c2cccnc2)CCCCC1. The van der Waals surface area contributed by atoms with Crippen LogP contribution in [0.4, 0.5) is 0 Å². The molecule has 0 atom stereocenters. The number of aromatic nitrogens is 1. The minimum absolute atomic E-state index is 0.0750. The highest BCUT2D eigenvalue weighted by molar-refractivity contribution is 7.80. The highest BCUT2D eigenvalue weighted by atomic mass is 32.1. The summed E-state index contributed by atoms with van der Waals surface area (Å²) >= 11 is 5.74. The maximum Gasteiger partial charge on any atom is 0.335 e. The summed E-state index contributed by atoms with van der Waals surface area (Å²) in [5.74, 6) is -0.0760. The summed E-state index contributed by atoms with van der Waals surface area (Å²) in [7, 11) is 1.76. The standard InChI is InChI=1S/C17H22N2O2S/c1-19(21-15(20)13-7-8-13)16(22)17(9-3-2-4-10-17)14-6-5-11-18-12-14/h5-6,11-13H,2-4,7-10H2,1H3. The Morgan fingerprint density at radius 2 is 2.09 bits per heavy atom. The molecule has 1 aromatic rings. The number of nitrogens with zero attached hydrogens (tertiary/aromatic N) is 2. The van der Waals surface area contributed by atoms with Crippen LogP contribution >= 0.6 is 12.2 Å². The highest BCUT2D eigenvalue weighted by Gasteiger charge is 2.42. The van der Waals surface area contributed by atoms with Crippen LogP contribution in [-0.4, -0.2) is 28.1 Å². The number of hydroxylamine groups is 2. The molecule has 0 radical (unpaired) electrons. The normalized spacial score (nSPS) is 20.2. The van der Waals surface area contributed by atoms with Crippen molar-refractivity contribution in [2.45, 2.75) is 50.4 Å². The van der Waals surface area contributed by atoms with Crippen LogP contribution in [0.3, 0.4) is 0 Å². The molecule has 1 heterocycles. The van der Waals surface area contributed by atoms with Gasteiger partial charge in [-0.15, -0.1) is 0 Å². The van der Waals surface area contributed by atoms with Crippen molar-refractivity contribution in [3.05, 3.63) is 30.1 Å². The molecule has 0 aromatic carbocycles. The molecule has 0 bridgehead atoms. The van der Waals surface area contributed by atoms with E-state index in [0.717, 1.165) is 44.1 Å². The van der Waals surface area contributed by atoms with E-state index in [1.54, 1.807) is 13.2 Å². The molecule has 2 aliphatic rings. The van der Waals surface area contributed by atoms with Crippen molar-refractivity contribution in [3.63, 3.8) is 0 Å². The summed E-state index contributed by atoms with van der Waals surface area (Å²) in [5.41, 5.74) is 0.898. The van der Waals surface area contributed by atoms with Crippen molar-refractivity contribution in [3.8, 4) is 0 Å². The number of hydrogen-bond acceptors (Lipinski definition) is 4. The largest absolute Gasteiger partial charge is 0.340 e. The molecule has 0 saturated heterocycles. The first kappa shape index (κ1) is 15.4. The second-order valence-electron chi connectivity index (χ2n) is 6.37. The van der Waals surface area contributed by atoms with Gasteiger partial charge in [-0.05, 0) is 37.3 Å². The Bertz CT molecular complexity index is 551. The summed E-state index contributed by atoms with van der Waals surface area (Å²) in [6.07, 6.45) is 11.0. The predicted octanol–water partition coefficient (Wildman–Crippen LogP) is 3.41. The van der Waals surface area contributed by atoms with E-state index in [0.29, 0.717) is 4.99 Å². The topological polar surface area (TPSA) is 42.4 Å². The lowest BCUT2D eigenvalue weighted by molar-refractivity contribution is -0.171. The van der Waals surface area contributed by atoms with Gasteiger partial charge in [0.1, 0.15) is 4.99 Å². The minimum atomic E-state index is -0.236. The van der Waals surface area contributed by atoms with Gasteiger partial charge in [0.15, 0.2) is 0 Å². The highest BCUT2D eigenvalue weighted by Crippen LogP contribution is 2.41. The molecule has 4 nitrogen and oxygen atoms in total. The fraction of sp³-hybridized carbons (Fsp3) is 0.588. The second kappa shape index (κ2) is 6.32. The number of likely N-dealkylation sites (N-methyl/N-ethyl adjacent to an activating group) is 1. The van der Waals surface area contributed by atoms with Crippen molar-refractivity contribution in [2.75, 3.05) is 7.05 Å². The molecule has 3 rings (SSSR count). The number of hydrogen-bond donors (Lipinski definition) is 0. The zero-order valence-corrected chi connectivity index (χ0v) is 13.8. The molecule has 118 valence electrons. The van der Waals surface area contributed by atoms with Gasteiger partial charge < -0.3 is 4.84 Å². The molecule has 22 heavy (non-hydrogen) atoms. The average Bonchev–Trinajstić information content (AvgIpc) is 3.40. The monoisotopic (exact) mass is 318 g/mol. The van der Waals surface area contributed by atoms with Crippen LogP contribution in [-0.2, 0) is 15.0 Å². The van der Waals surface area contributed by atoms with Gasteiger partial charge in [-0.2, -0.15) is 0 Å². The Hall–Kier alpha value is -1.49. The van der Waals surface area contributed by atoms with E-state index in [-0.39, 0.29) is 17.3 Å². The number of carbonyl (C=O) groups is 1. The van der Waals surface area contributed by atoms with Crippen molar-refractivity contribution in [1.82, 2.24) is 10.0 Å². The molecular weight excluding hydrogens is 296 g/mol. The van der Waals surface area contributed by atoms with Crippen LogP contribution in [0.1, 0.15) is 50.5 Å². The zero-order valence-electron chi connectivity index (χ0n) is 13.0. The number of pyridine rings is 1. The molecule has 0 amide bonds. The first-order valence-electron chi connectivity index (χ1n) is 8.04. The maximum atomic E-state index is 11.9. The van der Waals surface area contributed by atoms with E-state index >= 15 is 0 Å². The Morgan fingerprint density at radius 3 is 2.68 bits per heavy atom. The second-order valence-corrected chi connectivity index (χ2v) is 6.76. The summed E-state index contributed by atoms with van der Waals surface area (Å²) in [4.78, 5) is 22.3. The van der Waals surface area contributed by atoms with Gasteiger partial charge in [0.2, 0.25) is 0 Å². The fourth-order valence-corrected chi connectivity index (χ4v) is 3.66. The van der Waals surface area contributed by atoms with Crippen molar-refractivity contribution in [2.24, 2.45) is 5.92 Å². The van der Waals surface area contributed by atoms with Crippen LogP contribution in [0, 0.1) is 5.92 Å². The number of thiocarbonyl (C=S) groups is 1. The van der Waals surface area contributed by atoms with Crippen molar-refractivity contribution >= 4 is 23.2 Å². The number of rotatable bonds is 3. The summed E-state index contributed by atoms with van der Waals surface area (Å²) in [6.45, 7) is 0. The van der Waals surface area contributed by atoms with Gasteiger partial charge in [-0.1, -0.05) is 37.5 Å². The maximum absolute atomic E-state index is 11.9. The molecule has 2 aliphatic carbocycles. The lowest BCUT2D eigenvalue weighted by atomic mass is 9.69. The smallest absolute Gasteiger partial charge is 0.335 e.